The van der Waals surface area contributed by atoms with Crippen LogP contribution >= 0.6 is 0 Å². The number of amides is 1. The summed E-state index contributed by atoms with van der Waals surface area (Å²) in [4.78, 5) is 21.6. The Morgan fingerprint density at radius 3 is 3.10 bits per heavy atom. The van der Waals surface area contributed by atoms with Gasteiger partial charge in [-0.25, -0.2) is 0 Å². The first kappa shape index (κ1) is 14.3. The van der Waals surface area contributed by atoms with Crippen LogP contribution in [0.15, 0.2) is 18.5 Å². The van der Waals surface area contributed by atoms with Gasteiger partial charge in [-0.3, -0.25) is 14.7 Å². The largest absolute Gasteiger partial charge is 0.383 e. The number of carbonyl (C=O) groups is 1. The summed E-state index contributed by atoms with van der Waals surface area (Å²) < 4.78 is 0. The average Bonchev–Trinajstić information content (AvgIpc) is 2.84. The zero-order chi connectivity index (χ0) is 14.7. The Hall–Kier alpha value is -1.62. The molecule has 0 aliphatic carbocycles. The average molecular weight is 288 g/mol. The van der Waals surface area contributed by atoms with Crippen molar-refractivity contribution in [1.29, 1.82) is 0 Å². The Labute approximate surface area is 126 Å². The Balaban J connectivity index is 1.78. The fourth-order valence-corrected chi connectivity index (χ4v) is 3.47. The molecule has 0 radical (unpaired) electrons. The number of nitrogens with zero attached hydrogens (tertiary/aromatic N) is 3. The molecule has 1 N–H and O–H groups in total. The van der Waals surface area contributed by atoms with E-state index in [1.807, 2.05) is 17.9 Å². The normalized spacial score (nSPS) is 22.7. The second-order valence-electron chi connectivity index (χ2n) is 5.89. The molecule has 2 aliphatic heterocycles. The van der Waals surface area contributed by atoms with Crippen molar-refractivity contribution in [2.24, 2.45) is 0 Å². The number of hydrogen-bond acceptors (Lipinski definition) is 4. The minimum absolute atomic E-state index is 0.141. The van der Waals surface area contributed by atoms with Gasteiger partial charge in [0, 0.05) is 38.4 Å². The quantitative estimate of drug-likeness (QED) is 0.922. The summed E-state index contributed by atoms with van der Waals surface area (Å²) in [7, 11) is 0. The highest BCUT2D eigenvalue weighted by atomic mass is 16.2. The Morgan fingerprint density at radius 2 is 2.24 bits per heavy atom. The van der Waals surface area contributed by atoms with Gasteiger partial charge in [0.15, 0.2) is 0 Å². The molecule has 1 unspecified atom stereocenters. The molecular formula is C16H24N4O. The van der Waals surface area contributed by atoms with Crippen LogP contribution in [0.5, 0.6) is 0 Å². The highest BCUT2D eigenvalue weighted by Crippen LogP contribution is 2.23. The molecule has 1 aromatic heterocycles. The van der Waals surface area contributed by atoms with Gasteiger partial charge in [-0.15, -0.1) is 0 Å². The monoisotopic (exact) mass is 288 g/mol. The number of fused-ring (bicyclic) bond motifs is 1. The van der Waals surface area contributed by atoms with Crippen LogP contribution in [0.1, 0.15) is 36.5 Å². The van der Waals surface area contributed by atoms with Crippen LogP contribution in [0.2, 0.25) is 0 Å². The minimum Gasteiger partial charge on any atom is -0.383 e. The summed E-state index contributed by atoms with van der Waals surface area (Å²) in [5.74, 6) is 0.141. The summed E-state index contributed by atoms with van der Waals surface area (Å²) in [6.07, 6.45) is 7.01. The molecule has 2 aliphatic rings. The summed E-state index contributed by atoms with van der Waals surface area (Å²) in [5, 5.41) is 3.24. The molecule has 1 amide bonds. The number of carbonyl (C=O) groups excluding carboxylic acids is 1. The number of hydrogen-bond donors (Lipinski definition) is 1. The van der Waals surface area contributed by atoms with E-state index in [0.717, 1.165) is 43.9 Å². The summed E-state index contributed by atoms with van der Waals surface area (Å²) >= 11 is 0. The van der Waals surface area contributed by atoms with E-state index < -0.39 is 0 Å². The molecule has 0 aromatic carbocycles. The van der Waals surface area contributed by atoms with Gasteiger partial charge in [0.25, 0.3) is 5.91 Å². The molecule has 0 spiro atoms. The Morgan fingerprint density at radius 1 is 1.38 bits per heavy atom. The van der Waals surface area contributed by atoms with Crippen molar-refractivity contribution in [1.82, 2.24) is 14.8 Å². The molecule has 2 fully saturated rings. The summed E-state index contributed by atoms with van der Waals surface area (Å²) in [6.45, 7) is 6.88. The van der Waals surface area contributed by atoms with Crippen molar-refractivity contribution >= 4 is 11.6 Å². The molecule has 3 rings (SSSR count). The van der Waals surface area contributed by atoms with E-state index in [1.54, 1.807) is 12.4 Å². The molecular weight excluding hydrogens is 264 g/mol. The third-order valence-corrected chi connectivity index (χ3v) is 4.51. The minimum atomic E-state index is 0.141. The van der Waals surface area contributed by atoms with Crippen LogP contribution in [0.4, 0.5) is 5.69 Å². The van der Waals surface area contributed by atoms with Crippen LogP contribution < -0.4 is 5.32 Å². The van der Waals surface area contributed by atoms with Gasteiger partial charge < -0.3 is 10.2 Å². The van der Waals surface area contributed by atoms with Gasteiger partial charge in [-0.1, -0.05) is 0 Å². The Kier molecular flexibility index (Phi) is 4.39. The van der Waals surface area contributed by atoms with Crippen molar-refractivity contribution in [3.05, 3.63) is 24.0 Å². The van der Waals surface area contributed by atoms with Gasteiger partial charge in [-0.2, -0.15) is 0 Å². The second-order valence-corrected chi connectivity index (χ2v) is 5.89. The van der Waals surface area contributed by atoms with Crippen molar-refractivity contribution in [3.8, 4) is 0 Å². The van der Waals surface area contributed by atoms with E-state index in [2.05, 4.69) is 15.2 Å². The van der Waals surface area contributed by atoms with Crippen LogP contribution in [-0.4, -0.2) is 59.5 Å². The predicted molar refractivity (Wildman–Crippen MR) is 83.5 cm³/mol. The smallest absolute Gasteiger partial charge is 0.256 e. The molecule has 0 bridgehead atoms. The first-order chi connectivity index (χ1) is 10.3. The number of anilines is 1. The highest BCUT2D eigenvalue weighted by molar-refractivity contribution is 5.99. The van der Waals surface area contributed by atoms with Crippen molar-refractivity contribution in [2.45, 2.75) is 32.2 Å². The molecule has 3 heterocycles. The summed E-state index contributed by atoms with van der Waals surface area (Å²) in [5.41, 5.74) is 1.59. The van der Waals surface area contributed by atoms with E-state index in [1.165, 1.54) is 19.4 Å². The SMILES string of the molecule is CCNc1cnccc1C(=O)N1CCCN2CCCC2C1. The lowest BCUT2D eigenvalue weighted by molar-refractivity contribution is 0.0744. The lowest BCUT2D eigenvalue weighted by Gasteiger charge is -2.26. The fraction of sp³-hybridized carbons (Fsp3) is 0.625. The number of pyridine rings is 1. The fourth-order valence-electron chi connectivity index (χ4n) is 3.47. The molecule has 1 aromatic rings. The first-order valence-electron chi connectivity index (χ1n) is 8.01. The third-order valence-electron chi connectivity index (χ3n) is 4.51. The van der Waals surface area contributed by atoms with E-state index >= 15 is 0 Å². The van der Waals surface area contributed by atoms with E-state index in [9.17, 15) is 4.79 Å². The predicted octanol–water partition coefficient (Wildman–Crippen LogP) is 1.82. The zero-order valence-corrected chi connectivity index (χ0v) is 12.7. The second kappa shape index (κ2) is 6.43. The summed E-state index contributed by atoms with van der Waals surface area (Å²) in [6, 6.07) is 2.39. The first-order valence-corrected chi connectivity index (χ1v) is 8.01. The van der Waals surface area contributed by atoms with E-state index in [-0.39, 0.29) is 5.91 Å². The number of aromatic nitrogens is 1. The highest BCUT2D eigenvalue weighted by Gasteiger charge is 2.31. The maximum absolute atomic E-state index is 12.9. The standard InChI is InChI=1S/C16H24N4O/c1-2-18-15-11-17-7-6-14(15)16(21)20-10-4-9-19-8-3-5-13(19)12-20/h6-7,11,13,18H,2-5,8-10,12H2,1H3. The molecule has 5 nitrogen and oxygen atoms in total. The van der Waals surface area contributed by atoms with Gasteiger partial charge in [0.2, 0.25) is 0 Å². The molecule has 114 valence electrons. The number of nitrogens with one attached hydrogen (secondary N) is 1. The molecule has 1 atom stereocenters. The number of rotatable bonds is 3. The molecule has 2 saturated heterocycles. The van der Waals surface area contributed by atoms with Gasteiger partial charge in [-0.05, 0) is 38.8 Å². The molecule has 21 heavy (non-hydrogen) atoms. The van der Waals surface area contributed by atoms with E-state index in [4.69, 9.17) is 0 Å². The van der Waals surface area contributed by atoms with Gasteiger partial charge >= 0.3 is 0 Å². The van der Waals surface area contributed by atoms with Crippen LogP contribution in [0, 0.1) is 0 Å². The van der Waals surface area contributed by atoms with Crippen molar-refractivity contribution in [3.63, 3.8) is 0 Å². The van der Waals surface area contributed by atoms with E-state index in [0.29, 0.717) is 6.04 Å². The van der Waals surface area contributed by atoms with Crippen LogP contribution in [0.3, 0.4) is 0 Å². The van der Waals surface area contributed by atoms with Crippen LogP contribution in [-0.2, 0) is 0 Å². The molecule has 5 heteroatoms. The lowest BCUT2D eigenvalue weighted by Crippen LogP contribution is -2.39. The van der Waals surface area contributed by atoms with Gasteiger partial charge in [0.05, 0.1) is 17.4 Å². The maximum atomic E-state index is 12.9. The topological polar surface area (TPSA) is 48.5 Å². The third kappa shape index (κ3) is 3.02. The Bertz CT molecular complexity index is 505. The zero-order valence-electron chi connectivity index (χ0n) is 12.7. The molecule has 0 saturated carbocycles. The van der Waals surface area contributed by atoms with Crippen molar-refractivity contribution < 1.29 is 4.79 Å². The van der Waals surface area contributed by atoms with Gasteiger partial charge in [0.1, 0.15) is 0 Å². The van der Waals surface area contributed by atoms with Crippen molar-refractivity contribution in [2.75, 3.05) is 38.0 Å². The maximum Gasteiger partial charge on any atom is 0.256 e. The lowest BCUT2D eigenvalue weighted by atomic mass is 10.1. The van der Waals surface area contributed by atoms with Crippen LogP contribution in [0.25, 0.3) is 0 Å².